The van der Waals surface area contributed by atoms with Gasteiger partial charge in [-0.05, 0) is 100 Å². The molecule has 268 valence electrons. The molecule has 0 atom stereocenters. The van der Waals surface area contributed by atoms with Gasteiger partial charge in [-0.25, -0.2) is 0 Å². The molecule has 0 saturated heterocycles. The van der Waals surface area contributed by atoms with Crippen LogP contribution < -0.4 is 4.90 Å². The molecule has 0 fully saturated rings. The molecule has 3 heteroatoms. The van der Waals surface area contributed by atoms with Gasteiger partial charge >= 0.3 is 0 Å². The topological polar surface area (TPSA) is 21.3 Å². The minimum absolute atomic E-state index is 0.889. The van der Waals surface area contributed by atoms with Crippen molar-refractivity contribution in [2.24, 2.45) is 0 Å². The number of furan rings is 1. The third-order valence-corrected chi connectivity index (χ3v) is 11.2. The number of fused-ring (bicyclic) bond motifs is 6. The van der Waals surface area contributed by atoms with Crippen molar-refractivity contribution in [1.29, 1.82) is 0 Å². The average Bonchev–Trinajstić information content (AvgIpc) is 3.83. The van der Waals surface area contributed by atoms with Crippen LogP contribution in [-0.4, -0.2) is 4.57 Å². The zero-order chi connectivity index (χ0) is 37.7. The van der Waals surface area contributed by atoms with E-state index in [0.717, 1.165) is 61.4 Å². The Hall–Kier alpha value is -7.62. The lowest BCUT2D eigenvalue weighted by Crippen LogP contribution is -2.11. The molecule has 11 aromatic rings. The van der Waals surface area contributed by atoms with E-state index in [9.17, 15) is 0 Å². The lowest BCUT2D eigenvalue weighted by atomic mass is 9.94. The SMILES string of the molecule is c1ccc(-c2ccccc2-c2cccc(N(c3cccc(-c4cccc5oc6ccccc6c45)c3)c3cccc(-n4c5ccccc5c5ccccc54)c3)c2)cc1. The van der Waals surface area contributed by atoms with Crippen LogP contribution in [0.4, 0.5) is 17.1 Å². The predicted octanol–water partition coefficient (Wildman–Crippen LogP) is 15.2. The third-order valence-electron chi connectivity index (χ3n) is 11.2. The largest absolute Gasteiger partial charge is 0.456 e. The molecule has 2 aromatic heterocycles. The van der Waals surface area contributed by atoms with Gasteiger partial charge in [0.05, 0.1) is 11.0 Å². The summed E-state index contributed by atoms with van der Waals surface area (Å²) >= 11 is 0. The van der Waals surface area contributed by atoms with Gasteiger partial charge in [0, 0.05) is 44.3 Å². The molecule has 0 unspecified atom stereocenters. The highest BCUT2D eigenvalue weighted by molar-refractivity contribution is 6.13. The van der Waals surface area contributed by atoms with Crippen molar-refractivity contribution in [3.8, 4) is 39.1 Å². The van der Waals surface area contributed by atoms with Crippen LogP contribution in [0.2, 0.25) is 0 Å². The molecule has 0 aliphatic carbocycles. The molecule has 2 heterocycles. The van der Waals surface area contributed by atoms with Gasteiger partial charge in [0.2, 0.25) is 0 Å². The molecule has 11 rings (SSSR count). The highest BCUT2D eigenvalue weighted by atomic mass is 16.3. The summed E-state index contributed by atoms with van der Waals surface area (Å²) in [5, 5.41) is 4.74. The third kappa shape index (κ3) is 5.60. The molecule has 0 saturated carbocycles. The van der Waals surface area contributed by atoms with Crippen molar-refractivity contribution in [3.05, 3.63) is 218 Å². The smallest absolute Gasteiger partial charge is 0.136 e. The summed E-state index contributed by atoms with van der Waals surface area (Å²) in [6.07, 6.45) is 0. The normalized spacial score (nSPS) is 11.5. The van der Waals surface area contributed by atoms with E-state index in [1.165, 1.54) is 38.5 Å². The van der Waals surface area contributed by atoms with Crippen LogP contribution in [0, 0.1) is 0 Å². The van der Waals surface area contributed by atoms with E-state index in [4.69, 9.17) is 4.42 Å². The van der Waals surface area contributed by atoms with Crippen molar-refractivity contribution in [2.75, 3.05) is 4.90 Å². The van der Waals surface area contributed by atoms with Gasteiger partial charge in [-0.15, -0.1) is 0 Å². The highest BCUT2D eigenvalue weighted by Gasteiger charge is 2.19. The van der Waals surface area contributed by atoms with Crippen molar-refractivity contribution >= 4 is 60.8 Å². The summed E-state index contributed by atoms with van der Waals surface area (Å²) in [7, 11) is 0. The van der Waals surface area contributed by atoms with E-state index in [2.05, 4.69) is 216 Å². The maximum atomic E-state index is 6.32. The van der Waals surface area contributed by atoms with Gasteiger partial charge in [0.25, 0.3) is 0 Å². The van der Waals surface area contributed by atoms with Crippen LogP contribution in [0.3, 0.4) is 0 Å². The molecule has 0 amide bonds. The summed E-state index contributed by atoms with van der Waals surface area (Å²) in [5.41, 5.74) is 15.5. The predicted molar refractivity (Wildman–Crippen MR) is 239 cm³/mol. The van der Waals surface area contributed by atoms with Crippen molar-refractivity contribution < 1.29 is 4.42 Å². The Balaban J connectivity index is 1.12. The quantitative estimate of drug-likeness (QED) is 0.163. The number of benzene rings is 9. The first-order valence-corrected chi connectivity index (χ1v) is 19.4. The molecule has 9 aromatic carbocycles. The number of anilines is 3. The van der Waals surface area contributed by atoms with Crippen LogP contribution >= 0.6 is 0 Å². The average molecular weight is 729 g/mol. The monoisotopic (exact) mass is 728 g/mol. The zero-order valence-electron chi connectivity index (χ0n) is 31.1. The Kier molecular flexibility index (Phi) is 7.82. The first-order valence-electron chi connectivity index (χ1n) is 19.4. The number of rotatable bonds is 7. The summed E-state index contributed by atoms with van der Waals surface area (Å²) < 4.78 is 8.71. The molecule has 0 spiro atoms. The summed E-state index contributed by atoms with van der Waals surface area (Å²) in [6.45, 7) is 0. The summed E-state index contributed by atoms with van der Waals surface area (Å²) in [6, 6.07) is 78.2. The highest BCUT2D eigenvalue weighted by Crippen LogP contribution is 2.43. The van der Waals surface area contributed by atoms with Gasteiger partial charge < -0.3 is 13.9 Å². The number of hydrogen-bond donors (Lipinski definition) is 0. The Morgan fingerprint density at radius 2 is 0.807 bits per heavy atom. The van der Waals surface area contributed by atoms with E-state index in [1.54, 1.807) is 0 Å². The van der Waals surface area contributed by atoms with E-state index in [-0.39, 0.29) is 0 Å². The fourth-order valence-corrected chi connectivity index (χ4v) is 8.66. The van der Waals surface area contributed by atoms with Gasteiger partial charge in [0.1, 0.15) is 11.2 Å². The van der Waals surface area contributed by atoms with Gasteiger partial charge in [-0.2, -0.15) is 0 Å². The molecular formula is C54H36N2O. The summed E-state index contributed by atoms with van der Waals surface area (Å²) in [5.74, 6) is 0. The Labute approximate surface area is 330 Å². The Morgan fingerprint density at radius 1 is 0.333 bits per heavy atom. The minimum atomic E-state index is 0.889. The fourth-order valence-electron chi connectivity index (χ4n) is 8.66. The van der Waals surface area contributed by atoms with E-state index in [0.29, 0.717) is 0 Å². The fraction of sp³-hybridized carbons (Fsp3) is 0. The van der Waals surface area contributed by atoms with E-state index < -0.39 is 0 Å². The van der Waals surface area contributed by atoms with Crippen LogP contribution in [-0.2, 0) is 0 Å². The molecule has 57 heavy (non-hydrogen) atoms. The van der Waals surface area contributed by atoms with Crippen molar-refractivity contribution in [1.82, 2.24) is 4.57 Å². The van der Waals surface area contributed by atoms with Crippen LogP contribution in [0.25, 0.3) is 82.8 Å². The van der Waals surface area contributed by atoms with Crippen LogP contribution in [0.1, 0.15) is 0 Å². The second-order valence-corrected chi connectivity index (χ2v) is 14.5. The second kappa shape index (κ2) is 13.6. The molecule has 0 aliphatic rings. The van der Waals surface area contributed by atoms with Crippen molar-refractivity contribution in [2.45, 2.75) is 0 Å². The van der Waals surface area contributed by atoms with Crippen molar-refractivity contribution in [3.63, 3.8) is 0 Å². The molecule has 0 N–H and O–H groups in total. The standard InChI is InChI=1S/C54H36N2O/c1-2-16-37(17-3-1)44-24-4-5-25-45(44)38-18-12-20-40(34-38)55(41-21-13-19-39(35-41)46-29-15-33-53-54(46)49-28-8-11-32-52(49)57-53)42-22-14-23-43(36-42)56-50-30-9-6-26-47(50)48-27-7-10-31-51(48)56/h1-36H. The maximum Gasteiger partial charge on any atom is 0.136 e. The lowest BCUT2D eigenvalue weighted by molar-refractivity contribution is 0.669. The first kappa shape index (κ1) is 32.8. The van der Waals surface area contributed by atoms with Gasteiger partial charge in [0.15, 0.2) is 0 Å². The van der Waals surface area contributed by atoms with E-state index >= 15 is 0 Å². The lowest BCUT2D eigenvalue weighted by Gasteiger charge is -2.27. The van der Waals surface area contributed by atoms with Gasteiger partial charge in [-0.1, -0.05) is 152 Å². The second-order valence-electron chi connectivity index (χ2n) is 14.5. The molecule has 3 nitrogen and oxygen atoms in total. The van der Waals surface area contributed by atoms with Crippen LogP contribution in [0.15, 0.2) is 223 Å². The van der Waals surface area contributed by atoms with Gasteiger partial charge in [-0.3, -0.25) is 0 Å². The summed E-state index contributed by atoms with van der Waals surface area (Å²) in [4.78, 5) is 2.39. The number of nitrogens with zero attached hydrogens (tertiary/aromatic N) is 2. The zero-order valence-corrected chi connectivity index (χ0v) is 31.1. The van der Waals surface area contributed by atoms with E-state index in [1.807, 2.05) is 12.1 Å². The number of para-hydroxylation sites is 3. The first-order chi connectivity index (χ1) is 28.3. The number of hydrogen-bond acceptors (Lipinski definition) is 2. The Bertz CT molecular complexity index is 3210. The molecular weight excluding hydrogens is 693 g/mol. The van der Waals surface area contributed by atoms with Crippen LogP contribution in [0.5, 0.6) is 0 Å². The molecule has 0 bridgehead atoms. The number of aromatic nitrogens is 1. The molecule has 0 radical (unpaired) electrons. The maximum absolute atomic E-state index is 6.32. The Morgan fingerprint density at radius 3 is 1.51 bits per heavy atom. The molecule has 0 aliphatic heterocycles. The minimum Gasteiger partial charge on any atom is -0.456 e.